The van der Waals surface area contributed by atoms with Gasteiger partial charge < -0.3 is 14.9 Å². The summed E-state index contributed by atoms with van der Waals surface area (Å²) >= 11 is 5.36. The molecule has 19 heavy (non-hydrogen) atoms. The molecule has 100 valence electrons. The number of nitrogens with zero attached hydrogens (tertiary/aromatic N) is 1. The maximum atomic E-state index is 12.2. The minimum atomic E-state index is -0.289. The Kier molecular flexibility index (Phi) is 2.93. The van der Waals surface area contributed by atoms with Gasteiger partial charge in [0.25, 0.3) is 0 Å². The fraction of sp³-hybridized carbons (Fsp3) is 0.429. The van der Waals surface area contributed by atoms with Crippen molar-refractivity contribution >= 4 is 29.2 Å². The highest BCUT2D eigenvalue weighted by molar-refractivity contribution is 7.71. The normalized spacial score (nSPS) is 16.5. The van der Waals surface area contributed by atoms with Gasteiger partial charge >= 0.3 is 0 Å². The monoisotopic (exact) mass is 275 g/mol. The quantitative estimate of drug-likeness (QED) is 0.846. The van der Waals surface area contributed by atoms with Gasteiger partial charge in [-0.15, -0.1) is 0 Å². The summed E-state index contributed by atoms with van der Waals surface area (Å²) in [6.45, 7) is 3.93. The van der Waals surface area contributed by atoms with Crippen LogP contribution in [0, 0.1) is 11.7 Å². The number of rotatable bonds is 3. The van der Waals surface area contributed by atoms with E-state index in [1.165, 1.54) is 0 Å². The van der Waals surface area contributed by atoms with Crippen molar-refractivity contribution < 1.29 is 4.79 Å². The molecule has 1 aromatic carbocycles. The van der Waals surface area contributed by atoms with E-state index >= 15 is 0 Å². The Hall–Kier alpha value is -1.62. The first-order valence-electron chi connectivity index (χ1n) is 6.58. The van der Waals surface area contributed by atoms with E-state index in [2.05, 4.69) is 10.3 Å². The first-order chi connectivity index (χ1) is 9.08. The van der Waals surface area contributed by atoms with Gasteiger partial charge in [0.15, 0.2) is 4.77 Å². The molecule has 1 saturated carbocycles. The van der Waals surface area contributed by atoms with Crippen LogP contribution in [-0.2, 0) is 4.79 Å². The molecule has 1 fully saturated rings. The van der Waals surface area contributed by atoms with E-state index in [4.69, 9.17) is 12.2 Å². The Bertz CT molecular complexity index is 696. The minimum Gasteiger partial charge on any atom is -0.352 e. The van der Waals surface area contributed by atoms with E-state index in [0.717, 1.165) is 29.4 Å². The maximum Gasteiger partial charge on any atom is 0.243 e. The predicted molar refractivity (Wildman–Crippen MR) is 77.7 cm³/mol. The minimum absolute atomic E-state index is 0.0442. The number of aromatic amines is 1. The van der Waals surface area contributed by atoms with E-state index < -0.39 is 0 Å². The van der Waals surface area contributed by atoms with Crippen LogP contribution in [0.25, 0.3) is 11.0 Å². The topological polar surface area (TPSA) is 49.8 Å². The number of para-hydroxylation sites is 1. The van der Waals surface area contributed by atoms with Gasteiger partial charge in [0.05, 0.1) is 11.0 Å². The second-order valence-electron chi connectivity index (χ2n) is 5.23. The third-order valence-corrected chi connectivity index (χ3v) is 3.93. The fourth-order valence-electron chi connectivity index (χ4n) is 2.39. The van der Waals surface area contributed by atoms with E-state index in [-0.39, 0.29) is 11.9 Å². The Balaban J connectivity index is 2.05. The Labute approximate surface area is 116 Å². The van der Waals surface area contributed by atoms with E-state index in [1.54, 1.807) is 0 Å². The zero-order chi connectivity index (χ0) is 13.6. The third-order valence-electron chi connectivity index (χ3n) is 3.63. The number of benzene rings is 1. The van der Waals surface area contributed by atoms with Crippen molar-refractivity contribution in [2.75, 3.05) is 0 Å². The summed E-state index contributed by atoms with van der Waals surface area (Å²) < 4.78 is 2.51. The Morgan fingerprint density at radius 2 is 2.26 bits per heavy atom. The van der Waals surface area contributed by atoms with Crippen molar-refractivity contribution in [1.82, 2.24) is 14.9 Å². The van der Waals surface area contributed by atoms with E-state index in [9.17, 15) is 4.79 Å². The molecule has 0 aliphatic heterocycles. The molecule has 0 saturated heterocycles. The molecular formula is C14H17N3OS. The first-order valence-corrected chi connectivity index (χ1v) is 6.99. The highest BCUT2D eigenvalue weighted by atomic mass is 32.1. The summed E-state index contributed by atoms with van der Waals surface area (Å²) in [6.07, 6.45) is 2.19. The van der Waals surface area contributed by atoms with Crippen molar-refractivity contribution in [3.8, 4) is 0 Å². The second kappa shape index (κ2) is 4.49. The number of aryl methyl sites for hydroxylation is 1. The summed E-state index contributed by atoms with van der Waals surface area (Å²) in [5.41, 5.74) is 3.12. The number of nitrogens with one attached hydrogen (secondary N) is 2. The highest BCUT2D eigenvalue weighted by Gasteiger charge is 2.27. The zero-order valence-electron chi connectivity index (χ0n) is 11.1. The zero-order valence-corrected chi connectivity index (χ0v) is 11.9. The first kappa shape index (κ1) is 12.4. The lowest BCUT2D eigenvalue weighted by Crippen LogP contribution is -2.32. The molecule has 2 N–H and O–H groups in total. The predicted octanol–water partition coefficient (Wildman–Crippen LogP) is 2.85. The van der Waals surface area contributed by atoms with Crippen LogP contribution in [0.15, 0.2) is 18.2 Å². The number of carbonyl (C=O) groups excluding carboxylic acids is 1. The van der Waals surface area contributed by atoms with Crippen LogP contribution in [-0.4, -0.2) is 21.5 Å². The van der Waals surface area contributed by atoms with Crippen LogP contribution in [0.3, 0.4) is 0 Å². The Morgan fingerprint density at radius 1 is 1.53 bits per heavy atom. The van der Waals surface area contributed by atoms with E-state index in [1.807, 2.05) is 36.6 Å². The second-order valence-corrected chi connectivity index (χ2v) is 5.62. The number of aromatic nitrogens is 2. The number of carbonyl (C=O) groups is 1. The average molecular weight is 275 g/mol. The molecule has 5 heteroatoms. The highest BCUT2D eigenvalue weighted by Crippen LogP contribution is 2.24. The van der Waals surface area contributed by atoms with Gasteiger partial charge in [-0.25, -0.2) is 0 Å². The van der Waals surface area contributed by atoms with Crippen molar-refractivity contribution in [3.63, 3.8) is 0 Å². The van der Waals surface area contributed by atoms with Crippen molar-refractivity contribution in [2.45, 2.75) is 38.8 Å². The van der Waals surface area contributed by atoms with Crippen LogP contribution in [0.2, 0.25) is 0 Å². The van der Waals surface area contributed by atoms with Crippen LogP contribution < -0.4 is 5.32 Å². The molecule has 4 nitrogen and oxygen atoms in total. The standard InChI is InChI=1S/C14H17N3OS/c1-8-4-3-5-11-12(8)17(14(19)16-11)9(2)13(18)15-10-6-7-10/h3-5,9-10H,6-7H2,1-2H3,(H,15,18)(H,16,19). The number of fused-ring (bicyclic) bond motifs is 1. The van der Waals surface area contributed by atoms with Crippen LogP contribution >= 0.6 is 12.2 Å². The van der Waals surface area contributed by atoms with Crippen molar-refractivity contribution in [3.05, 3.63) is 28.5 Å². The van der Waals surface area contributed by atoms with Crippen LogP contribution in [0.4, 0.5) is 0 Å². The molecule has 2 aromatic rings. The van der Waals surface area contributed by atoms with Gasteiger partial charge in [-0.05, 0) is 50.5 Å². The smallest absolute Gasteiger partial charge is 0.243 e. The molecule has 0 radical (unpaired) electrons. The lowest BCUT2D eigenvalue weighted by Gasteiger charge is -2.15. The van der Waals surface area contributed by atoms with Crippen molar-refractivity contribution in [1.29, 1.82) is 0 Å². The van der Waals surface area contributed by atoms with Gasteiger partial charge in [0.1, 0.15) is 6.04 Å². The van der Waals surface area contributed by atoms with Crippen LogP contribution in [0.1, 0.15) is 31.4 Å². The molecule has 1 aromatic heterocycles. The molecule has 1 aliphatic carbocycles. The summed E-state index contributed by atoms with van der Waals surface area (Å²) in [4.78, 5) is 15.4. The van der Waals surface area contributed by atoms with Gasteiger partial charge in [-0.2, -0.15) is 0 Å². The largest absolute Gasteiger partial charge is 0.352 e. The summed E-state index contributed by atoms with van der Waals surface area (Å²) in [7, 11) is 0. The molecule has 0 spiro atoms. The summed E-state index contributed by atoms with van der Waals surface area (Å²) in [5, 5.41) is 3.03. The third kappa shape index (κ3) is 2.18. The number of amides is 1. The van der Waals surface area contributed by atoms with Gasteiger partial charge in [-0.3, -0.25) is 4.79 Å². The SMILES string of the molecule is Cc1cccc2[nH]c(=S)n(C(C)C(=O)NC3CC3)c12. The number of H-pyrrole nitrogens is 1. The molecule has 1 unspecified atom stereocenters. The molecule has 0 bridgehead atoms. The fourth-order valence-corrected chi connectivity index (χ4v) is 2.75. The van der Waals surface area contributed by atoms with Crippen LogP contribution in [0.5, 0.6) is 0 Å². The molecule has 1 heterocycles. The Morgan fingerprint density at radius 3 is 2.95 bits per heavy atom. The number of hydrogen-bond acceptors (Lipinski definition) is 2. The average Bonchev–Trinajstić information content (AvgIpc) is 3.10. The van der Waals surface area contributed by atoms with E-state index in [0.29, 0.717) is 10.8 Å². The molecule has 1 atom stereocenters. The lowest BCUT2D eigenvalue weighted by atomic mass is 10.2. The molecule has 3 rings (SSSR count). The summed E-state index contributed by atoms with van der Waals surface area (Å²) in [6, 6.07) is 6.09. The summed E-state index contributed by atoms with van der Waals surface area (Å²) in [5.74, 6) is 0.0442. The molecular weight excluding hydrogens is 258 g/mol. The number of hydrogen-bond donors (Lipinski definition) is 2. The van der Waals surface area contributed by atoms with Gasteiger partial charge in [-0.1, -0.05) is 12.1 Å². The maximum absolute atomic E-state index is 12.2. The van der Waals surface area contributed by atoms with Crippen molar-refractivity contribution in [2.24, 2.45) is 0 Å². The molecule has 1 amide bonds. The lowest BCUT2D eigenvalue weighted by molar-refractivity contribution is -0.123. The van der Waals surface area contributed by atoms with Gasteiger partial charge in [0.2, 0.25) is 5.91 Å². The molecule has 1 aliphatic rings. The van der Waals surface area contributed by atoms with Gasteiger partial charge in [0, 0.05) is 6.04 Å². The number of imidazole rings is 1.